The molecule has 0 spiro atoms. The van der Waals surface area contributed by atoms with Crippen molar-refractivity contribution in [2.24, 2.45) is 5.92 Å². The standard InChI is InChI=1S/C14H23N3/c1-10(15-3)13-7-8-14(16-9-13)17(4)11(2)12-5-6-12/h7-12,15H,5-6H2,1-4H3. The first-order valence-corrected chi connectivity index (χ1v) is 6.49. The molecule has 0 saturated heterocycles. The highest BCUT2D eigenvalue weighted by Gasteiger charge is 2.30. The quantitative estimate of drug-likeness (QED) is 0.847. The maximum atomic E-state index is 4.56. The van der Waals surface area contributed by atoms with Gasteiger partial charge in [-0.1, -0.05) is 6.07 Å². The summed E-state index contributed by atoms with van der Waals surface area (Å²) in [6.45, 7) is 4.44. The van der Waals surface area contributed by atoms with Crippen LogP contribution in [0.15, 0.2) is 18.3 Å². The highest BCUT2D eigenvalue weighted by Crippen LogP contribution is 2.35. The third kappa shape index (κ3) is 2.78. The highest BCUT2D eigenvalue weighted by molar-refractivity contribution is 5.40. The van der Waals surface area contributed by atoms with Gasteiger partial charge >= 0.3 is 0 Å². The Kier molecular flexibility index (Phi) is 3.67. The minimum atomic E-state index is 0.364. The lowest BCUT2D eigenvalue weighted by Gasteiger charge is -2.26. The Labute approximate surface area is 104 Å². The first kappa shape index (κ1) is 12.4. The van der Waals surface area contributed by atoms with E-state index < -0.39 is 0 Å². The Bertz CT molecular complexity index is 356. The van der Waals surface area contributed by atoms with Gasteiger partial charge in [0, 0.05) is 25.3 Å². The molecule has 94 valence electrons. The molecule has 1 aliphatic carbocycles. The number of anilines is 1. The first-order valence-electron chi connectivity index (χ1n) is 6.49. The summed E-state index contributed by atoms with van der Waals surface area (Å²) in [6.07, 6.45) is 4.73. The Morgan fingerprint density at radius 2 is 2.06 bits per heavy atom. The highest BCUT2D eigenvalue weighted by atomic mass is 15.2. The average molecular weight is 233 g/mol. The molecule has 2 rings (SSSR count). The fourth-order valence-corrected chi connectivity index (χ4v) is 2.13. The molecule has 17 heavy (non-hydrogen) atoms. The summed E-state index contributed by atoms with van der Waals surface area (Å²) in [6, 6.07) is 5.26. The molecular formula is C14H23N3. The zero-order valence-electron chi connectivity index (χ0n) is 11.3. The van der Waals surface area contributed by atoms with Gasteiger partial charge in [0.25, 0.3) is 0 Å². The van der Waals surface area contributed by atoms with Crippen LogP contribution in [0.1, 0.15) is 38.3 Å². The Morgan fingerprint density at radius 1 is 1.35 bits per heavy atom. The first-order chi connectivity index (χ1) is 8.13. The fourth-order valence-electron chi connectivity index (χ4n) is 2.13. The SMILES string of the molecule is CNC(C)c1ccc(N(C)C(C)C2CC2)nc1. The Hall–Kier alpha value is -1.09. The van der Waals surface area contributed by atoms with Gasteiger partial charge in [0.2, 0.25) is 0 Å². The minimum Gasteiger partial charge on any atom is -0.357 e. The Balaban J connectivity index is 2.06. The zero-order chi connectivity index (χ0) is 12.4. The molecule has 0 radical (unpaired) electrons. The van der Waals surface area contributed by atoms with Crippen molar-refractivity contribution in [2.45, 2.75) is 38.8 Å². The Morgan fingerprint density at radius 3 is 2.53 bits per heavy atom. The topological polar surface area (TPSA) is 28.2 Å². The third-order valence-electron chi connectivity index (χ3n) is 3.98. The lowest BCUT2D eigenvalue weighted by Crippen LogP contribution is -2.31. The van der Waals surface area contributed by atoms with E-state index in [2.05, 4.69) is 48.2 Å². The van der Waals surface area contributed by atoms with E-state index >= 15 is 0 Å². The van der Waals surface area contributed by atoms with E-state index in [4.69, 9.17) is 0 Å². The van der Waals surface area contributed by atoms with E-state index in [1.165, 1.54) is 18.4 Å². The molecule has 3 nitrogen and oxygen atoms in total. The second-order valence-corrected chi connectivity index (χ2v) is 5.15. The molecule has 0 amide bonds. The van der Waals surface area contributed by atoms with Gasteiger partial charge in [-0.25, -0.2) is 4.98 Å². The van der Waals surface area contributed by atoms with Crippen LogP contribution < -0.4 is 10.2 Å². The van der Waals surface area contributed by atoms with Crippen molar-refractivity contribution < 1.29 is 0 Å². The van der Waals surface area contributed by atoms with Gasteiger partial charge in [0.15, 0.2) is 0 Å². The van der Waals surface area contributed by atoms with Crippen LogP contribution in [0.4, 0.5) is 5.82 Å². The van der Waals surface area contributed by atoms with Crippen LogP contribution in [0.5, 0.6) is 0 Å². The summed E-state index contributed by atoms with van der Waals surface area (Å²) in [5, 5.41) is 3.23. The van der Waals surface area contributed by atoms with E-state index in [9.17, 15) is 0 Å². The molecule has 0 bridgehead atoms. The monoisotopic (exact) mass is 233 g/mol. The van der Waals surface area contributed by atoms with Crippen LogP contribution in [0, 0.1) is 5.92 Å². The summed E-state index contributed by atoms with van der Waals surface area (Å²) in [4.78, 5) is 6.86. The van der Waals surface area contributed by atoms with E-state index in [0.717, 1.165) is 11.7 Å². The number of hydrogen-bond donors (Lipinski definition) is 1. The summed E-state index contributed by atoms with van der Waals surface area (Å²) in [5.41, 5.74) is 1.24. The molecule has 0 aromatic carbocycles. The van der Waals surface area contributed by atoms with Crippen molar-refractivity contribution in [2.75, 3.05) is 19.0 Å². The van der Waals surface area contributed by atoms with Crippen molar-refractivity contribution in [3.05, 3.63) is 23.9 Å². The smallest absolute Gasteiger partial charge is 0.128 e. The maximum absolute atomic E-state index is 4.56. The molecule has 1 heterocycles. The van der Waals surface area contributed by atoms with E-state index in [-0.39, 0.29) is 0 Å². The molecule has 2 unspecified atom stereocenters. The molecule has 1 fully saturated rings. The number of pyridine rings is 1. The van der Waals surface area contributed by atoms with Crippen LogP contribution in [-0.2, 0) is 0 Å². The number of aromatic nitrogens is 1. The van der Waals surface area contributed by atoms with Crippen LogP contribution in [-0.4, -0.2) is 25.1 Å². The zero-order valence-corrected chi connectivity index (χ0v) is 11.3. The number of hydrogen-bond acceptors (Lipinski definition) is 3. The average Bonchev–Trinajstić information content (AvgIpc) is 3.20. The van der Waals surface area contributed by atoms with Crippen LogP contribution in [0.25, 0.3) is 0 Å². The molecule has 2 atom stereocenters. The molecule has 1 aliphatic rings. The molecule has 1 N–H and O–H groups in total. The molecule has 0 aliphatic heterocycles. The lowest BCUT2D eigenvalue weighted by atomic mass is 10.1. The predicted octanol–water partition coefficient (Wildman–Crippen LogP) is 2.60. The van der Waals surface area contributed by atoms with E-state index in [0.29, 0.717) is 12.1 Å². The maximum Gasteiger partial charge on any atom is 0.128 e. The number of nitrogens with zero attached hydrogens (tertiary/aromatic N) is 2. The van der Waals surface area contributed by atoms with Gasteiger partial charge in [-0.15, -0.1) is 0 Å². The fraction of sp³-hybridized carbons (Fsp3) is 0.643. The largest absolute Gasteiger partial charge is 0.357 e. The van der Waals surface area contributed by atoms with Gasteiger partial charge in [-0.2, -0.15) is 0 Å². The van der Waals surface area contributed by atoms with Crippen molar-refractivity contribution >= 4 is 5.82 Å². The minimum absolute atomic E-state index is 0.364. The second-order valence-electron chi connectivity index (χ2n) is 5.15. The van der Waals surface area contributed by atoms with E-state index in [1.807, 2.05) is 13.2 Å². The summed E-state index contributed by atoms with van der Waals surface area (Å²) >= 11 is 0. The van der Waals surface area contributed by atoms with Crippen LogP contribution >= 0.6 is 0 Å². The molecule has 1 aromatic rings. The van der Waals surface area contributed by atoms with Crippen molar-refractivity contribution in [1.29, 1.82) is 0 Å². The van der Waals surface area contributed by atoms with Crippen LogP contribution in [0.2, 0.25) is 0 Å². The molecular weight excluding hydrogens is 210 g/mol. The lowest BCUT2D eigenvalue weighted by molar-refractivity contribution is 0.602. The summed E-state index contributed by atoms with van der Waals surface area (Å²) in [7, 11) is 4.12. The normalized spacial score (nSPS) is 18.8. The summed E-state index contributed by atoms with van der Waals surface area (Å²) < 4.78 is 0. The van der Waals surface area contributed by atoms with Gasteiger partial charge in [-0.3, -0.25) is 0 Å². The van der Waals surface area contributed by atoms with Crippen molar-refractivity contribution in [3.63, 3.8) is 0 Å². The third-order valence-corrected chi connectivity index (χ3v) is 3.98. The van der Waals surface area contributed by atoms with Gasteiger partial charge in [0.05, 0.1) is 0 Å². The summed E-state index contributed by atoms with van der Waals surface area (Å²) in [5.74, 6) is 1.95. The predicted molar refractivity (Wildman–Crippen MR) is 72.3 cm³/mol. The molecule has 3 heteroatoms. The van der Waals surface area contributed by atoms with Gasteiger partial charge < -0.3 is 10.2 Å². The van der Waals surface area contributed by atoms with Gasteiger partial charge in [-0.05, 0) is 51.3 Å². The van der Waals surface area contributed by atoms with Gasteiger partial charge in [0.1, 0.15) is 5.82 Å². The van der Waals surface area contributed by atoms with Crippen molar-refractivity contribution in [3.8, 4) is 0 Å². The number of rotatable bonds is 5. The van der Waals surface area contributed by atoms with E-state index in [1.54, 1.807) is 0 Å². The molecule has 1 aromatic heterocycles. The number of nitrogens with one attached hydrogen (secondary N) is 1. The molecule has 1 saturated carbocycles. The van der Waals surface area contributed by atoms with Crippen LogP contribution in [0.3, 0.4) is 0 Å². The second kappa shape index (κ2) is 5.05. The van der Waals surface area contributed by atoms with Crippen molar-refractivity contribution in [1.82, 2.24) is 10.3 Å².